The van der Waals surface area contributed by atoms with Gasteiger partial charge in [-0.2, -0.15) is 0 Å². The predicted molar refractivity (Wildman–Crippen MR) is 165 cm³/mol. The first kappa shape index (κ1) is 42.1. The van der Waals surface area contributed by atoms with Crippen LogP contribution in [0.3, 0.4) is 0 Å². The minimum atomic E-state index is -4.91. The van der Waals surface area contributed by atoms with E-state index >= 15 is 0 Å². The van der Waals surface area contributed by atoms with Gasteiger partial charge in [-0.05, 0) is 0 Å². The van der Waals surface area contributed by atoms with Crippen LogP contribution in [-0.2, 0) is 85.1 Å². The molecular weight excluding hydrogens is 716 g/mol. The number of carbonyl (C=O) groups excluding carboxylic acids is 8. The van der Waals surface area contributed by atoms with Crippen molar-refractivity contribution in [2.24, 2.45) is 0 Å². The summed E-state index contributed by atoms with van der Waals surface area (Å²) in [6.07, 6.45) is -9.53. The van der Waals surface area contributed by atoms with E-state index in [2.05, 4.69) is 10.6 Å². The molecule has 20 nitrogen and oxygen atoms in total. The Morgan fingerprint density at radius 1 is 0.540 bits per heavy atom. The van der Waals surface area contributed by atoms with Crippen molar-refractivity contribution < 1.29 is 84.7 Å². The minimum absolute atomic E-state index is 0.00676. The lowest BCUT2D eigenvalue weighted by Crippen LogP contribution is -2.68. The van der Waals surface area contributed by atoms with Gasteiger partial charge in [0, 0.05) is 66.2 Å². The van der Waals surface area contributed by atoms with Crippen molar-refractivity contribution in [3.8, 4) is 0 Å². The summed E-state index contributed by atoms with van der Waals surface area (Å²) in [6, 6.07) is -3.34. The average molecular weight is 757 g/mol. The lowest BCUT2D eigenvalue weighted by molar-refractivity contribution is -0.212. The second-order valence-corrected chi connectivity index (χ2v) is 15.1. The van der Waals surface area contributed by atoms with Crippen LogP contribution in [0.5, 0.6) is 0 Å². The van der Waals surface area contributed by atoms with Crippen LogP contribution in [0.15, 0.2) is 0 Å². The van der Waals surface area contributed by atoms with Gasteiger partial charge in [-0.3, -0.25) is 38.4 Å². The smallest absolute Gasteiger partial charge is 0.303 e. The Labute approximate surface area is 290 Å². The van der Waals surface area contributed by atoms with Gasteiger partial charge in [-0.15, -0.1) is 0 Å². The molecule has 0 aromatic heterocycles. The van der Waals surface area contributed by atoms with Crippen molar-refractivity contribution in [2.75, 3.05) is 13.2 Å². The lowest BCUT2D eigenvalue weighted by Gasteiger charge is -2.46. The molecule has 2 fully saturated rings. The molecule has 22 heteroatoms. The van der Waals surface area contributed by atoms with Gasteiger partial charge in [-0.25, -0.2) is 8.42 Å². The van der Waals surface area contributed by atoms with Crippen molar-refractivity contribution in [2.45, 2.75) is 115 Å². The summed E-state index contributed by atoms with van der Waals surface area (Å²) in [5.41, 5.74) is -3.91. The number of hydrogen-bond donors (Lipinski definition) is 2. The maximum Gasteiger partial charge on any atom is 0.303 e. The van der Waals surface area contributed by atoms with E-state index in [0.29, 0.717) is 0 Å². The minimum Gasteiger partial charge on any atom is -0.463 e. The molecule has 2 aliphatic heterocycles. The van der Waals surface area contributed by atoms with Gasteiger partial charge in [0.15, 0.2) is 29.9 Å². The number of carbonyl (C=O) groups is 8. The van der Waals surface area contributed by atoms with E-state index in [1.54, 1.807) is 0 Å². The van der Waals surface area contributed by atoms with Crippen LogP contribution >= 0.6 is 10.8 Å². The van der Waals surface area contributed by atoms with Crippen LogP contribution in [0, 0.1) is 0 Å². The third-order valence-corrected chi connectivity index (χ3v) is 10.4. The molecule has 0 unspecified atom stereocenters. The molecule has 0 saturated carbocycles. The summed E-state index contributed by atoms with van der Waals surface area (Å²) < 4.78 is 71.9. The number of ether oxygens (including phenoxy) is 8. The zero-order valence-electron chi connectivity index (χ0n) is 28.4. The van der Waals surface area contributed by atoms with Gasteiger partial charge in [0.25, 0.3) is 0 Å². The maximum atomic E-state index is 14.3. The molecule has 2 amide bonds. The highest BCUT2D eigenvalue weighted by molar-refractivity contribution is 8.72. The topological polar surface area (TPSA) is 269 Å². The Bertz CT molecular complexity index is 1440. The molecule has 0 aromatic carbocycles. The fourth-order valence-corrected chi connectivity index (χ4v) is 8.98. The first-order valence-electron chi connectivity index (χ1n) is 14.9. The van der Waals surface area contributed by atoms with Crippen molar-refractivity contribution in [1.82, 2.24) is 10.6 Å². The number of amides is 2. The third-order valence-electron chi connectivity index (χ3n) is 6.66. The molecule has 10 atom stereocenters. The van der Waals surface area contributed by atoms with Crippen molar-refractivity contribution in [3.05, 3.63) is 0 Å². The van der Waals surface area contributed by atoms with Crippen molar-refractivity contribution >= 4 is 67.3 Å². The second kappa shape index (κ2) is 18.3. The normalized spacial score (nSPS) is 29.3. The van der Waals surface area contributed by atoms with E-state index < -0.39 is 129 Å². The van der Waals surface area contributed by atoms with Crippen LogP contribution in [-0.4, -0.2) is 129 Å². The monoisotopic (exact) mass is 756 g/mol. The molecule has 2 N–H and O–H groups in total. The molecule has 2 rings (SSSR count). The van der Waals surface area contributed by atoms with Crippen LogP contribution in [0.1, 0.15) is 55.4 Å². The Balaban J connectivity index is 2.73. The summed E-state index contributed by atoms with van der Waals surface area (Å²) in [7, 11) is -4.92. The van der Waals surface area contributed by atoms with Gasteiger partial charge >= 0.3 is 35.8 Å². The van der Waals surface area contributed by atoms with E-state index in [-0.39, 0.29) is 10.8 Å². The molecule has 2 saturated heterocycles. The highest BCUT2D eigenvalue weighted by Crippen LogP contribution is 2.40. The summed E-state index contributed by atoms with van der Waals surface area (Å²) >= 11 is 0. The Morgan fingerprint density at radius 3 is 1.28 bits per heavy atom. The molecule has 0 spiro atoms. The molecule has 50 heavy (non-hydrogen) atoms. The van der Waals surface area contributed by atoms with Gasteiger partial charge in [0.1, 0.15) is 42.9 Å². The van der Waals surface area contributed by atoms with Gasteiger partial charge < -0.3 is 48.5 Å². The predicted octanol–water partition coefficient (Wildman–Crippen LogP) is -1.64. The van der Waals surface area contributed by atoms with Gasteiger partial charge in [0.2, 0.25) is 20.7 Å². The number of rotatable bonds is 13. The average Bonchev–Trinajstić information content (AvgIpc) is 2.94. The van der Waals surface area contributed by atoms with E-state index in [4.69, 9.17) is 37.9 Å². The molecule has 0 aliphatic carbocycles. The molecular formula is C28H40N2O18S2. The van der Waals surface area contributed by atoms with Crippen LogP contribution in [0.2, 0.25) is 0 Å². The highest BCUT2D eigenvalue weighted by atomic mass is 33.1. The first-order valence-corrected chi connectivity index (χ1v) is 17.8. The SMILES string of the molecule is CC(=O)N[C@@H]1[C@@H](OC(C)=O)[C@H](OC(C)=O)[C@@H](COC(C)=O)O[C@@H]1SS(=O)(=O)[C@H]1O[C@H](COC(C)=O)[C@@H](OC(C)=O)[C@H](OC(C)=O)[C@H]1NC(C)=O. The largest absolute Gasteiger partial charge is 0.463 e. The van der Waals surface area contributed by atoms with Crippen LogP contribution < -0.4 is 10.6 Å². The molecule has 2 heterocycles. The molecule has 0 radical (unpaired) electrons. The standard InChI is InChI=1S/C28H40N2O18S2/c1-11(31)29-21-25(45-17(7)37)23(43-15(5)35)19(9-41-13(3)33)47-27(21)49-50(39,40)28-22(30-12(2)32)26(46-18(8)38)24(44-16(6)36)20(48-28)10-42-14(4)34/h19-28H,9-10H2,1-8H3,(H,29,31)(H,30,32)/t19-,20-,21-,22-,23-,24-,25-,26-,27-,28-/m1/s1. The number of esters is 6. The van der Waals surface area contributed by atoms with E-state index in [1.807, 2.05) is 0 Å². The Kier molecular flexibility index (Phi) is 15.4. The van der Waals surface area contributed by atoms with Crippen molar-refractivity contribution in [1.29, 1.82) is 0 Å². The maximum absolute atomic E-state index is 14.3. The molecule has 282 valence electrons. The molecule has 0 bridgehead atoms. The summed E-state index contributed by atoms with van der Waals surface area (Å²) in [5, 5.41) is 4.77. The van der Waals surface area contributed by atoms with Crippen LogP contribution in [0.25, 0.3) is 0 Å². The lowest BCUT2D eigenvalue weighted by atomic mass is 9.97. The Hall–Kier alpha value is -4.02. The summed E-state index contributed by atoms with van der Waals surface area (Å²) in [4.78, 5) is 96.6. The van der Waals surface area contributed by atoms with Gasteiger partial charge in [-0.1, -0.05) is 0 Å². The first-order chi connectivity index (χ1) is 23.1. The zero-order chi connectivity index (χ0) is 38.1. The molecule has 0 aromatic rings. The number of nitrogens with one attached hydrogen (secondary N) is 2. The fraction of sp³-hybridized carbons (Fsp3) is 0.714. The summed E-state index contributed by atoms with van der Waals surface area (Å²) in [5.74, 6) is -6.94. The zero-order valence-corrected chi connectivity index (χ0v) is 30.0. The quantitative estimate of drug-likeness (QED) is 0.121. The number of hydrogen-bond acceptors (Lipinski definition) is 19. The fourth-order valence-electron chi connectivity index (χ4n) is 5.10. The highest BCUT2D eigenvalue weighted by Gasteiger charge is 2.58. The van der Waals surface area contributed by atoms with Crippen molar-refractivity contribution in [3.63, 3.8) is 0 Å². The molecule has 2 aliphatic rings. The van der Waals surface area contributed by atoms with Crippen LogP contribution in [0.4, 0.5) is 0 Å². The second-order valence-electron chi connectivity index (χ2n) is 11.0. The van der Waals surface area contributed by atoms with E-state index in [0.717, 1.165) is 55.4 Å². The van der Waals surface area contributed by atoms with Gasteiger partial charge in [0.05, 0.1) is 0 Å². The third kappa shape index (κ3) is 12.4. The van der Waals surface area contributed by atoms with E-state index in [9.17, 15) is 46.8 Å². The summed E-state index contributed by atoms with van der Waals surface area (Å²) in [6.45, 7) is 6.81. The Morgan fingerprint density at radius 2 is 0.900 bits per heavy atom. The van der Waals surface area contributed by atoms with E-state index in [1.165, 1.54) is 0 Å².